The lowest BCUT2D eigenvalue weighted by atomic mass is 10.2. The number of amides is 1. The molecule has 7 nitrogen and oxygen atoms in total. The van der Waals surface area contributed by atoms with Gasteiger partial charge in [-0.1, -0.05) is 12.1 Å². The van der Waals surface area contributed by atoms with E-state index in [4.69, 9.17) is 4.74 Å². The van der Waals surface area contributed by atoms with Crippen molar-refractivity contribution in [2.24, 2.45) is 0 Å². The van der Waals surface area contributed by atoms with Crippen LogP contribution in [0.2, 0.25) is 0 Å². The minimum absolute atomic E-state index is 0.245. The summed E-state index contributed by atoms with van der Waals surface area (Å²) in [4.78, 5) is 20.7. The maximum absolute atomic E-state index is 12.0. The van der Waals surface area contributed by atoms with Crippen molar-refractivity contribution in [3.63, 3.8) is 0 Å². The number of aliphatic hydroxyl groups is 1. The van der Waals surface area contributed by atoms with Crippen LogP contribution in [0.4, 0.5) is 10.6 Å². The van der Waals surface area contributed by atoms with Crippen LogP contribution >= 0.6 is 0 Å². The SMILES string of the molecule is CC(C)(C)OC(=O)Nc1nc(CO)cn2c1nc1ccccc12. The quantitative estimate of drug-likeness (QED) is 0.759. The van der Waals surface area contributed by atoms with Crippen LogP contribution in [-0.4, -0.2) is 31.2 Å². The molecule has 0 aliphatic rings. The van der Waals surface area contributed by atoms with Gasteiger partial charge >= 0.3 is 6.09 Å². The molecule has 3 aromatic rings. The first kappa shape index (κ1) is 15.2. The molecule has 23 heavy (non-hydrogen) atoms. The first-order valence-corrected chi connectivity index (χ1v) is 7.25. The molecule has 0 radical (unpaired) electrons. The molecule has 1 amide bonds. The predicted molar refractivity (Wildman–Crippen MR) is 86.3 cm³/mol. The van der Waals surface area contributed by atoms with Crippen molar-refractivity contribution in [2.45, 2.75) is 33.0 Å². The molecule has 0 saturated carbocycles. The number of fused-ring (bicyclic) bond motifs is 3. The number of para-hydroxylation sites is 2. The van der Waals surface area contributed by atoms with E-state index < -0.39 is 11.7 Å². The molecule has 2 N–H and O–H groups in total. The second-order valence-electron chi connectivity index (χ2n) is 6.16. The standard InChI is InChI=1S/C16H18N4O3/c1-16(2,3)23-15(22)19-13-14-18-11-6-4-5-7-12(11)20(14)8-10(9-21)17-13/h4-8,21H,9H2,1-3H3,(H,17,19,22). The summed E-state index contributed by atoms with van der Waals surface area (Å²) < 4.78 is 7.04. The van der Waals surface area contributed by atoms with Crippen LogP contribution < -0.4 is 5.32 Å². The number of nitrogens with zero attached hydrogens (tertiary/aromatic N) is 3. The molecule has 120 valence electrons. The summed E-state index contributed by atoms with van der Waals surface area (Å²) in [7, 11) is 0. The largest absolute Gasteiger partial charge is 0.444 e. The number of aliphatic hydroxyl groups excluding tert-OH is 1. The van der Waals surface area contributed by atoms with Crippen LogP contribution in [0.25, 0.3) is 16.7 Å². The van der Waals surface area contributed by atoms with Gasteiger partial charge in [-0.25, -0.2) is 14.8 Å². The Bertz CT molecular complexity index is 880. The number of hydrogen-bond acceptors (Lipinski definition) is 5. The predicted octanol–water partition coefficient (Wildman–Crippen LogP) is 2.72. The minimum atomic E-state index is -0.617. The number of rotatable bonds is 2. The molecule has 0 bridgehead atoms. The molecule has 0 unspecified atom stereocenters. The van der Waals surface area contributed by atoms with E-state index in [1.54, 1.807) is 31.4 Å². The Kier molecular flexibility index (Phi) is 3.65. The molecule has 0 spiro atoms. The number of carbonyl (C=O) groups excluding carboxylic acids is 1. The van der Waals surface area contributed by atoms with E-state index in [1.807, 2.05) is 24.3 Å². The maximum atomic E-state index is 12.0. The van der Waals surface area contributed by atoms with Crippen LogP contribution in [0.1, 0.15) is 26.5 Å². The van der Waals surface area contributed by atoms with E-state index >= 15 is 0 Å². The normalized spacial score (nSPS) is 11.8. The van der Waals surface area contributed by atoms with Gasteiger partial charge in [0, 0.05) is 6.20 Å². The van der Waals surface area contributed by atoms with Gasteiger partial charge in [0.1, 0.15) is 5.60 Å². The number of carbonyl (C=O) groups is 1. The minimum Gasteiger partial charge on any atom is -0.444 e. The smallest absolute Gasteiger partial charge is 0.413 e. The molecule has 0 fully saturated rings. The summed E-state index contributed by atoms with van der Waals surface area (Å²) in [5.74, 6) is 0.252. The van der Waals surface area contributed by atoms with Crippen molar-refractivity contribution in [2.75, 3.05) is 5.32 Å². The third-order valence-corrected chi connectivity index (χ3v) is 3.12. The fourth-order valence-electron chi connectivity index (χ4n) is 2.27. The molecule has 0 aliphatic heterocycles. The maximum Gasteiger partial charge on any atom is 0.413 e. The number of aromatic nitrogens is 3. The van der Waals surface area contributed by atoms with Crippen molar-refractivity contribution in [1.82, 2.24) is 14.4 Å². The van der Waals surface area contributed by atoms with Crippen molar-refractivity contribution in [3.8, 4) is 0 Å². The second kappa shape index (κ2) is 5.51. The Balaban J connectivity index is 2.10. The van der Waals surface area contributed by atoms with Crippen LogP contribution in [0.5, 0.6) is 0 Å². The molecule has 0 saturated heterocycles. The lowest BCUT2D eigenvalue weighted by Crippen LogP contribution is -2.27. The van der Waals surface area contributed by atoms with Crippen molar-refractivity contribution in [1.29, 1.82) is 0 Å². The molecule has 3 rings (SSSR count). The molecule has 1 aromatic carbocycles. The highest BCUT2D eigenvalue weighted by molar-refractivity contribution is 5.91. The van der Waals surface area contributed by atoms with E-state index in [9.17, 15) is 9.90 Å². The summed E-state index contributed by atoms with van der Waals surface area (Å²) in [5.41, 5.74) is 1.94. The number of nitrogens with one attached hydrogen (secondary N) is 1. The molecule has 7 heteroatoms. The summed E-state index contributed by atoms with van der Waals surface area (Å²) in [6.07, 6.45) is 1.08. The highest BCUT2D eigenvalue weighted by Crippen LogP contribution is 2.22. The Hall–Kier alpha value is -2.67. The van der Waals surface area contributed by atoms with Gasteiger partial charge in [-0.15, -0.1) is 0 Å². The van der Waals surface area contributed by atoms with Crippen molar-refractivity contribution in [3.05, 3.63) is 36.2 Å². The number of hydrogen-bond donors (Lipinski definition) is 2. The van der Waals surface area contributed by atoms with Crippen LogP contribution in [0.3, 0.4) is 0 Å². The summed E-state index contributed by atoms with van der Waals surface area (Å²) in [6, 6.07) is 7.57. The fraction of sp³-hybridized carbons (Fsp3) is 0.312. The Morgan fingerprint density at radius 3 is 2.74 bits per heavy atom. The van der Waals surface area contributed by atoms with Gasteiger partial charge in [0.05, 0.1) is 23.3 Å². The molecule has 0 aliphatic carbocycles. The Morgan fingerprint density at radius 1 is 1.30 bits per heavy atom. The second-order valence-corrected chi connectivity index (χ2v) is 6.16. The summed E-state index contributed by atoms with van der Waals surface area (Å²) in [6.45, 7) is 5.10. The number of anilines is 1. The van der Waals surface area contributed by atoms with Gasteiger partial charge in [-0.3, -0.25) is 9.72 Å². The van der Waals surface area contributed by atoms with Gasteiger partial charge < -0.3 is 9.84 Å². The highest BCUT2D eigenvalue weighted by atomic mass is 16.6. The lowest BCUT2D eigenvalue weighted by molar-refractivity contribution is 0.0635. The molecular weight excluding hydrogens is 296 g/mol. The van der Waals surface area contributed by atoms with Crippen molar-refractivity contribution < 1.29 is 14.6 Å². The first-order chi connectivity index (χ1) is 10.9. The number of benzene rings is 1. The zero-order chi connectivity index (χ0) is 16.6. The topological polar surface area (TPSA) is 88.8 Å². The number of ether oxygens (including phenoxy) is 1. The van der Waals surface area contributed by atoms with Crippen LogP contribution in [0.15, 0.2) is 30.5 Å². The van der Waals surface area contributed by atoms with Gasteiger partial charge in [0.25, 0.3) is 0 Å². The third-order valence-electron chi connectivity index (χ3n) is 3.12. The van der Waals surface area contributed by atoms with Crippen molar-refractivity contribution >= 4 is 28.6 Å². The van der Waals surface area contributed by atoms with Gasteiger partial charge in [-0.2, -0.15) is 0 Å². The van der Waals surface area contributed by atoms with E-state index in [0.717, 1.165) is 11.0 Å². The van der Waals surface area contributed by atoms with Gasteiger partial charge in [0.15, 0.2) is 11.5 Å². The summed E-state index contributed by atoms with van der Waals surface area (Å²) in [5, 5.41) is 12.0. The zero-order valence-corrected chi connectivity index (χ0v) is 13.2. The fourth-order valence-corrected chi connectivity index (χ4v) is 2.27. The van der Waals surface area contributed by atoms with E-state index in [-0.39, 0.29) is 12.4 Å². The van der Waals surface area contributed by atoms with E-state index in [1.165, 1.54) is 0 Å². The average Bonchev–Trinajstić information content (AvgIpc) is 2.84. The first-order valence-electron chi connectivity index (χ1n) is 7.25. The van der Waals surface area contributed by atoms with Gasteiger partial charge in [0.2, 0.25) is 0 Å². The number of imidazole rings is 1. The molecule has 0 atom stereocenters. The highest BCUT2D eigenvalue weighted by Gasteiger charge is 2.19. The van der Waals surface area contributed by atoms with E-state index in [0.29, 0.717) is 11.3 Å². The van der Waals surface area contributed by atoms with Crippen LogP contribution in [0, 0.1) is 0 Å². The molecular formula is C16H18N4O3. The molecule has 2 heterocycles. The lowest BCUT2D eigenvalue weighted by Gasteiger charge is -2.19. The summed E-state index contributed by atoms with van der Waals surface area (Å²) >= 11 is 0. The third kappa shape index (κ3) is 3.09. The van der Waals surface area contributed by atoms with Gasteiger partial charge in [-0.05, 0) is 32.9 Å². The zero-order valence-electron chi connectivity index (χ0n) is 13.2. The average molecular weight is 314 g/mol. The Morgan fingerprint density at radius 2 is 2.04 bits per heavy atom. The van der Waals surface area contributed by atoms with E-state index in [2.05, 4.69) is 15.3 Å². The Labute approximate surface area is 132 Å². The molecule has 2 aromatic heterocycles. The monoisotopic (exact) mass is 314 g/mol. The van der Waals surface area contributed by atoms with Crippen LogP contribution in [-0.2, 0) is 11.3 Å².